The van der Waals surface area contributed by atoms with Gasteiger partial charge in [-0.2, -0.15) is 0 Å². The van der Waals surface area contributed by atoms with Crippen LogP contribution in [-0.4, -0.2) is 40.6 Å². The first-order valence-corrected chi connectivity index (χ1v) is 7.95. The van der Waals surface area contributed by atoms with Gasteiger partial charge in [-0.25, -0.2) is 4.79 Å². The molecular weight excluding hydrogens is 312 g/mol. The van der Waals surface area contributed by atoms with Gasteiger partial charge in [-0.1, -0.05) is 6.07 Å². The van der Waals surface area contributed by atoms with Crippen LogP contribution >= 0.6 is 0 Å². The first-order valence-electron chi connectivity index (χ1n) is 7.95. The van der Waals surface area contributed by atoms with Crippen LogP contribution in [0.25, 0.3) is 0 Å². The highest BCUT2D eigenvalue weighted by Gasteiger charge is 2.28. The highest BCUT2D eigenvalue weighted by Crippen LogP contribution is 2.32. The van der Waals surface area contributed by atoms with E-state index in [0.717, 1.165) is 0 Å². The lowest BCUT2D eigenvalue weighted by molar-refractivity contribution is -0.383. The Morgan fingerprint density at radius 1 is 1.38 bits per heavy atom. The summed E-state index contributed by atoms with van der Waals surface area (Å²) in [5, 5.41) is 14.3. The average Bonchev–Trinajstić information content (AvgIpc) is 2.48. The van der Waals surface area contributed by atoms with Crippen LogP contribution < -0.4 is 11.1 Å². The van der Waals surface area contributed by atoms with Crippen LogP contribution in [0.2, 0.25) is 0 Å². The molecule has 0 aliphatic carbocycles. The van der Waals surface area contributed by atoms with Gasteiger partial charge in [0, 0.05) is 25.2 Å². The maximum absolute atomic E-state index is 12.1. The number of para-hydroxylation sites is 1. The number of piperidine rings is 1. The van der Waals surface area contributed by atoms with Gasteiger partial charge in [0.25, 0.3) is 5.69 Å². The minimum atomic E-state index is -0.523. The second-order valence-electron chi connectivity index (χ2n) is 6.88. The van der Waals surface area contributed by atoms with Crippen LogP contribution in [0.4, 0.5) is 21.9 Å². The zero-order chi connectivity index (χ0) is 17.9. The summed E-state index contributed by atoms with van der Waals surface area (Å²) in [5.74, 6) is 0. The van der Waals surface area contributed by atoms with Crippen molar-refractivity contribution in [3.63, 3.8) is 0 Å². The zero-order valence-electron chi connectivity index (χ0n) is 14.2. The van der Waals surface area contributed by atoms with Gasteiger partial charge in [-0.3, -0.25) is 10.1 Å². The largest absolute Gasteiger partial charge is 0.444 e. The summed E-state index contributed by atoms with van der Waals surface area (Å²) < 4.78 is 5.36. The fourth-order valence-electron chi connectivity index (χ4n) is 2.60. The van der Waals surface area contributed by atoms with E-state index in [1.807, 2.05) is 20.8 Å². The number of nitrogen functional groups attached to an aromatic ring is 1. The molecule has 1 amide bonds. The van der Waals surface area contributed by atoms with Crippen LogP contribution in [0.3, 0.4) is 0 Å². The van der Waals surface area contributed by atoms with Crippen molar-refractivity contribution in [2.75, 3.05) is 24.1 Å². The number of nitro groups is 1. The number of hydrogen-bond donors (Lipinski definition) is 2. The van der Waals surface area contributed by atoms with Crippen molar-refractivity contribution in [2.24, 2.45) is 0 Å². The van der Waals surface area contributed by atoms with Gasteiger partial charge >= 0.3 is 6.09 Å². The smallest absolute Gasteiger partial charge is 0.410 e. The number of carbonyl (C=O) groups is 1. The van der Waals surface area contributed by atoms with E-state index in [4.69, 9.17) is 10.5 Å². The molecule has 0 atom stereocenters. The number of carbonyl (C=O) groups excluding carboxylic acids is 1. The zero-order valence-corrected chi connectivity index (χ0v) is 14.2. The normalized spacial score (nSPS) is 15.9. The van der Waals surface area contributed by atoms with E-state index in [-0.39, 0.29) is 17.8 Å². The molecule has 1 fully saturated rings. The maximum atomic E-state index is 12.1. The van der Waals surface area contributed by atoms with Gasteiger partial charge in [0.2, 0.25) is 0 Å². The molecule has 1 aliphatic heterocycles. The summed E-state index contributed by atoms with van der Waals surface area (Å²) in [4.78, 5) is 24.4. The second kappa shape index (κ2) is 6.94. The van der Waals surface area contributed by atoms with Gasteiger partial charge in [-0.05, 0) is 39.7 Å². The number of benzene rings is 1. The molecular formula is C16H24N4O4. The number of likely N-dealkylation sites (tertiary alicyclic amines) is 1. The Kier molecular flexibility index (Phi) is 5.16. The molecule has 0 saturated carbocycles. The number of nitrogens with zero attached hydrogens (tertiary/aromatic N) is 2. The number of rotatable bonds is 3. The topological polar surface area (TPSA) is 111 Å². The van der Waals surface area contributed by atoms with E-state index in [2.05, 4.69) is 5.32 Å². The quantitative estimate of drug-likeness (QED) is 0.499. The highest BCUT2D eigenvalue weighted by atomic mass is 16.6. The third kappa shape index (κ3) is 4.50. The van der Waals surface area contributed by atoms with Crippen molar-refractivity contribution < 1.29 is 14.5 Å². The first kappa shape index (κ1) is 17.8. The molecule has 24 heavy (non-hydrogen) atoms. The lowest BCUT2D eigenvalue weighted by Gasteiger charge is -2.34. The number of anilines is 2. The Morgan fingerprint density at radius 3 is 2.54 bits per heavy atom. The first-order chi connectivity index (χ1) is 11.2. The highest BCUT2D eigenvalue weighted by molar-refractivity contribution is 5.77. The number of nitro benzene ring substituents is 1. The van der Waals surface area contributed by atoms with E-state index in [1.54, 1.807) is 17.0 Å². The van der Waals surface area contributed by atoms with Crippen LogP contribution in [-0.2, 0) is 4.74 Å². The number of nitrogens with one attached hydrogen (secondary N) is 1. The molecule has 1 heterocycles. The Balaban J connectivity index is 1.97. The van der Waals surface area contributed by atoms with E-state index in [1.165, 1.54) is 6.07 Å². The molecule has 8 heteroatoms. The van der Waals surface area contributed by atoms with Crippen LogP contribution in [0.15, 0.2) is 18.2 Å². The Bertz CT molecular complexity index is 619. The van der Waals surface area contributed by atoms with E-state index in [0.29, 0.717) is 37.3 Å². The van der Waals surface area contributed by atoms with Gasteiger partial charge < -0.3 is 20.7 Å². The average molecular weight is 336 g/mol. The van der Waals surface area contributed by atoms with Gasteiger partial charge in [0.15, 0.2) is 0 Å². The number of amides is 1. The van der Waals surface area contributed by atoms with Crippen LogP contribution in [0, 0.1) is 10.1 Å². The molecule has 0 unspecified atom stereocenters. The molecule has 1 aromatic rings. The SMILES string of the molecule is CC(C)(C)OC(=O)N1CCC(Nc2c(N)cccc2[N+](=O)[O-])CC1. The van der Waals surface area contributed by atoms with Gasteiger partial charge in [0.1, 0.15) is 11.3 Å². The number of nitrogens with two attached hydrogens (primary N) is 1. The van der Waals surface area contributed by atoms with Gasteiger partial charge in [0.05, 0.1) is 10.6 Å². The van der Waals surface area contributed by atoms with Crippen molar-refractivity contribution in [2.45, 2.75) is 45.3 Å². The number of hydrogen-bond acceptors (Lipinski definition) is 6. The standard InChI is InChI=1S/C16H24N4O4/c1-16(2,3)24-15(21)19-9-7-11(8-10-19)18-14-12(17)5-4-6-13(14)20(22)23/h4-6,11,18H,7-10,17H2,1-3H3. The summed E-state index contributed by atoms with van der Waals surface area (Å²) in [6, 6.07) is 4.63. The predicted octanol–water partition coefficient (Wildman–Crippen LogP) is 2.99. The van der Waals surface area contributed by atoms with Crippen molar-refractivity contribution >= 4 is 23.2 Å². The molecule has 3 N–H and O–H groups in total. The summed E-state index contributed by atoms with van der Waals surface area (Å²) in [6.45, 7) is 6.56. The molecule has 132 valence electrons. The molecule has 8 nitrogen and oxygen atoms in total. The minimum absolute atomic E-state index is 0.0205. The van der Waals surface area contributed by atoms with Crippen molar-refractivity contribution in [3.05, 3.63) is 28.3 Å². The maximum Gasteiger partial charge on any atom is 0.410 e. The predicted molar refractivity (Wildman–Crippen MR) is 92.0 cm³/mol. The fourth-order valence-corrected chi connectivity index (χ4v) is 2.60. The lowest BCUT2D eigenvalue weighted by Crippen LogP contribution is -2.44. The molecule has 1 aliphatic rings. The second-order valence-corrected chi connectivity index (χ2v) is 6.88. The van der Waals surface area contributed by atoms with Crippen molar-refractivity contribution in [3.8, 4) is 0 Å². The Morgan fingerprint density at radius 2 is 2.00 bits per heavy atom. The third-order valence-electron chi connectivity index (χ3n) is 3.77. The van der Waals surface area contributed by atoms with Gasteiger partial charge in [-0.15, -0.1) is 0 Å². The molecule has 0 aromatic heterocycles. The molecule has 1 saturated heterocycles. The number of ether oxygens (including phenoxy) is 1. The van der Waals surface area contributed by atoms with Crippen molar-refractivity contribution in [1.29, 1.82) is 0 Å². The van der Waals surface area contributed by atoms with Crippen LogP contribution in [0.5, 0.6) is 0 Å². The fraction of sp³-hybridized carbons (Fsp3) is 0.562. The van der Waals surface area contributed by atoms with E-state index >= 15 is 0 Å². The van der Waals surface area contributed by atoms with Crippen molar-refractivity contribution in [1.82, 2.24) is 4.90 Å². The minimum Gasteiger partial charge on any atom is -0.444 e. The lowest BCUT2D eigenvalue weighted by atomic mass is 10.0. The third-order valence-corrected chi connectivity index (χ3v) is 3.77. The molecule has 0 bridgehead atoms. The molecule has 1 aromatic carbocycles. The van der Waals surface area contributed by atoms with E-state index < -0.39 is 10.5 Å². The molecule has 0 spiro atoms. The van der Waals surface area contributed by atoms with Crippen LogP contribution in [0.1, 0.15) is 33.6 Å². The molecule has 2 rings (SSSR count). The summed E-state index contributed by atoms with van der Waals surface area (Å²) in [6.07, 6.45) is 1.02. The monoisotopic (exact) mass is 336 g/mol. The summed E-state index contributed by atoms with van der Waals surface area (Å²) in [7, 11) is 0. The Labute approximate surface area is 141 Å². The Hall–Kier alpha value is -2.51. The van der Waals surface area contributed by atoms with E-state index in [9.17, 15) is 14.9 Å². The summed E-state index contributed by atoms with van der Waals surface area (Å²) >= 11 is 0. The summed E-state index contributed by atoms with van der Waals surface area (Å²) in [5.41, 5.74) is 6.00. The molecule has 0 radical (unpaired) electrons.